The topological polar surface area (TPSA) is 49.0 Å². The van der Waals surface area contributed by atoms with Gasteiger partial charge in [-0.2, -0.15) is 0 Å². The number of benzene rings is 1. The molecule has 1 heterocycles. The van der Waals surface area contributed by atoms with Gasteiger partial charge in [-0.15, -0.1) is 0 Å². The van der Waals surface area contributed by atoms with Gasteiger partial charge in [0.2, 0.25) is 0 Å². The summed E-state index contributed by atoms with van der Waals surface area (Å²) < 4.78 is 11.1. The average molecular weight is 509 g/mol. The van der Waals surface area contributed by atoms with Crippen molar-refractivity contribution in [2.24, 2.45) is 0 Å². The van der Waals surface area contributed by atoms with E-state index in [2.05, 4.69) is 106 Å². The molecule has 36 heavy (non-hydrogen) atoms. The lowest BCUT2D eigenvalue weighted by molar-refractivity contribution is -0.0670. The Balaban J connectivity index is 0.00000104. The molecule has 6 heteroatoms. The summed E-state index contributed by atoms with van der Waals surface area (Å²) in [6.07, 6.45) is 0. The number of nitrogens with zero attached hydrogens (tertiary/aromatic N) is 2. The van der Waals surface area contributed by atoms with Crippen LogP contribution in [0.5, 0.6) is 0 Å². The quantitative estimate of drug-likeness (QED) is 0.364. The van der Waals surface area contributed by atoms with Crippen molar-refractivity contribution in [1.29, 1.82) is 0 Å². The van der Waals surface area contributed by atoms with E-state index in [0.29, 0.717) is 12.1 Å². The molecular formula is C30H60N4O2. The molecular weight excluding hydrogens is 448 g/mol. The van der Waals surface area contributed by atoms with Crippen LogP contribution in [0.25, 0.3) is 0 Å². The molecule has 1 aromatic rings. The monoisotopic (exact) mass is 508 g/mol. The standard InChI is InChI=1S/C22H39N3O.C6H15NO.C2H6/c1-19(2)23-21(3,4)18-26-22(5,6)17-25-14-12-24(13-15-25)16-20-10-8-7-9-11-20;1-6(2)7-4-5-8-3;1-2/h7-11,19,23H,12-18H2,1-6H3;6-7H,4-5H2,1-3H3;1-2H3. The molecule has 0 unspecified atom stereocenters. The number of nitrogens with one attached hydrogen (secondary N) is 2. The van der Waals surface area contributed by atoms with Gasteiger partial charge in [0, 0.05) is 70.5 Å². The van der Waals surface area contributed by atoms with Crippen LogP contribution in [0.2, 0.25) is 0 Å². The van der Waals surface area contributed by atoms with Crippen LogP contribution in [0.1, 0.15) is 74.8 Å². The summed E-state index contributed by atoms with van der Waals surface area (Å²) in [7, 11) is 1.71. The van der Waals surface area contributed by atoms with Gasteiger partial charge in [-0.1, -0.05) is 71.9 Å². The number of hydrogen-bond donors (Lipinski definition) is 2. The van der Waals surface area contributed by atoms with Crippen LogP contribution in [-0.2, 0) is 16.0 Å². The molecule has 0 atom stereocenters. The molecule has 0 radical (unpaired) electrons. The van der Waals surface area contributed by atoms with Crippen molar-refractivity contribution in [3.05, 3.63) is 35.9 Å². The van der Waals surface area contributed by atoms with E-state index in [1.54, 1.807) is 7.11 Å². The van der Waals surface area contributed by atoms with Crippen molar-refractivity contribution in [1.82, 2.24) is 20.4 Å². The lowest BCUT2D eigenvalue weighted by atomic mass is 10.0. The molecule has 0 aliphatic carbocycles. The molecule has 1 aliphatic heterocycles. The summed E-state index contributed by atoms with van der Waals surface area (Å²) in [6.45, 7) is 30.5. The second-order valence-electron chi connectivity index (χ2n) is 11.4. The summed E-state index contributed by atoms with van der Waals surface area (Å²) in [5, 5.41) is 6.80. The highest BCUT2D eigenvalue weighted by Gasteiger charge is 2.28. The third-order valence-electron chi connectivity index (χ3n) is 5.68. The van der Waals surface area contributed by atoms with Crippen LogP contribution >= 0.6 is 0 Å². The molecule has 0 saturated carbocycles. The Morgan fingerprint density at radius 1 is 0.861 bits per heavy atom. The molecule has 1 aromatic carbocycles. The second-order valence-corrected chi connectivity index (χ2v) is 11.4. The van der Waals surface area contributed by atoms with Crippen LogP contribution in [0.4, 0.5) is 0 Å². The molecule has 2 N–H and O–H groups in total. The Hall–Kier alpha value is -1.02. The van der Waals surface area contributed by atoms with E-state index in [4.69, 9.17) is 9.47 Å². The molecule has 1 saturated heterocycles. The predicted octanol–water partition coefficient (Wildman–Crippen LogP) is 5.03. The molecule has 0 bridgehead atoms. The largest absolute Gasteiger partial charge is 0.383 e. The van der Waals surface area contributed by atoms with E-state index in [1.807, 2.05) is 13.8 Å². The molecule has 2 rings (SSSR count). The van der Waals surface area contributed by atoms with Gasteiger partial charge in [0.15, 0.2) is 0 Å². The SMILES string of the molecule is CC.CC(C)NC(C)(C)COC(C)(C)CN1CCN(Cc2ccccc2)CC1.COCCNC(C)C. The predicted molar refractivity (Wildman–Crippen MR) is 157 cm³/mol. The molecule has 212 valence electrons. The first kappa shape index (κ1) is 35.0. The zero-order chi connectivity index (χ0) is 27.6. The number of methoxy groups -OCH3 is 1. The van der Waals surface area contributed by atoms with E-state index in [1.165, 1.54) is 5.56 Å². The summed E-state index contributed by atoms with van der Waals surface area (Å²) in [6, 6.07) is 11.8. The lowest BCUT2D eigenvalue weighted by Crippen LogP contribution is -2.53. The highest BCUT2D eigenvalue weighted by atomic mass is 16.5. The maximum Gasteiger partial charge on any atom is 0.0753 e. The third kappa shape index (κ3) is 18.3. The van der Waals surface area contributed by atoms with Crippen LogP contribution in [0.15, 0.2) is 30.3 Å². The molecule has 1 aliphatic rings. The molecule has 1 fully saturated rings. The van der Waals surface area contributed by atoms with Crippen molar-refractivity contribution >= 4 is 0 Å². The van der Waals surface area contributed by atoms with Gasteiger partial charge in [0.1, 0.15) is 0 Å². The number of ether oxygens (including phenoxy) is 2. The Labute approximate surface area is 224 Å². The Bertz CT molecular complexity index is 627. The molecule has 0 amide bonds. The second kappa shape index (κ2) is 19.1. The Morgan fingerprint density at radius 3 is 1.92 bits per heavy atom. The summed E-state index contributed by atoms with van der Waals surface area (Å²) >= 11 is 0. The van der Waals surface area contributed by atoms with Crippen LogP contribution < -0.4 is 10.6 Å². The minimum absolute atomic E-state index is 0.000181. The fourth-order valence-electron chi connectivity index (χ4n) is 4.18. The molecule has 0 spiro atoms. The zero-order valence-corrected chi connectivity index (χ0v) is 25.6. The highest BCUT2D eigenvalue weighted by Crippen LogP contribution is 2.17. The summed E-state index contributed by atoms with van der Waals surface area (Å²) in [5.41, 5.74) is 1.28. The van der Waals surface area contributed by atoms with Crippen molar-refractivity contribution in [2.45, 2.75) is 99.0 Å². The fourth-order valence-corrected chi connectivity index (χ4v) is 4.18. The van der Waals surface area contributed by atoms with Gasteiger partial charge in [-0.25, -0.2) is 0 Å². The van der Waals surface area contributed by atoms with Gasteiger partial charge in [0.25, 0.3) is 0 Å². The van der Waals surface area contributed by atoms with E-state index in [-0.39, 0.29) is 11.1 Å². The molecule has 6 nitrogen and oxygen atoms in total. The minimum Gasteiger partial charge on any atom is -0.383 e. The first-order valence-corrected chi connectivity index (χ1v) is 14.0. The van der Waals surface area contributed by atoms with Crippen molar-refractivity contribution in [2.75, 3.05) is 59.6 Å². The normalized spacial score (nSPS) is 15.4. The van der Waals surface area contributed by atoms with Crippen molar-refractivity contribution < 1.29 is 9.47 Å². The van der Waals surface area contributed by atoms with Crippen LogP contribution in [-0.4, -0.2) is 92.6 Å². The van der Waals surface area contributed by atoms with Crippen LogP contribution in [0, 0.1) is 0 Å². The van der Waals surface area contributed by atoms with Crippen molar-refractivity contribution in [3.8, 4) is 0 Å². The average Bonchev–Trinajstić information content (AvgIpc) is 2.81. The van der Waals surface area contributed by atoms with E-state index >= 15 is 0 Å². The fraction of sp³-hybridized carbons (Fsp3) is 0.800. The van der Waals surface area contributed by atoms with E-state index in [0.717, 1.165) is 59.0 Å². The Kier molecular flexibility index (Phi) is 18.6. The van der Waals surface area contributed by atoms with Gasteiger partial charge < -0.3 is 20.1 Å². The lowest BCUT2D eigenvalue weighted by Gasteiger charge is -2.40. The first-order valence-electron chi connectivity index (χ1n) is 14.0. The van der Waals surface area contributed by atoms with Gasteiger partial charge in [0.05, 0.1) is 18.8 Å². The number of hydrogen-bond acceptors (Lipinski definition) is 6. The maximum atomic E-state index is 6.30. The zero-order valence-electron chi connectivity index (χ0n) is 25.6. The smallest absolute Gasteiger partial charge is 0.0753 e. The molecule has 0 aromatic heterocycles. The Morgan fingerprint density at radius 2 is 1.42 bits per heavy atom. The number of piperazine rings is 1. The van der Waals surface area contributed by atoms with E-state index in [9.17, 15) is 0 Å². The maximum absolute atomic E-state index is 6.30. The summed E-state index contributed by atoms with van der Waals surface area (Å²) in [5.74, 6) is 0. The van der Waals surface area contributed by atoms with Crippen LogP contribution in [0.3, 0.4) is 0 Å². The third-order valence-corrected chi connectivity index (χ3v) is 5.68. The highest BCUT2D eigenvalue weighted by molar-refractivity contribution is 5.14. The number of rotatable bonds is 13. The first-order chi connectivity index (χ1) is 16.9. The van der Waals surface area contributed by atoms with Crippen molar-refractivity contribution in [3.63, 3.8) is 0 Å². The van der Waals surface area contributed by atoms with Gasteiger partial charge in [-0.05, 0) is 33.3 Å². The summed E-state index contributed by atoms with van der Waals surface area (Å²) in [4.78, 5) is 5.10. The minimum atomic E-state index is -0.127. The van der Waals surface area contributed by atoms with E-state index < -0.39 is 0 Å². The van der Waals surface area contributed by atoms with Gasteiger partial charge in [-0.3, -0.25) is 9.80 Å². The van der Waals surface area contributed by atoms with Gasteiger partial charge >= 0.3 is 0 Å².